The fourth-order valence-corrected chi connectivity index (χ4v) is 0.677. The summed E-state index contributed by atoms with van der Waals surface area (Å²) < 4.78 is -1.61. The maximum atomic E-state index is 4.83. The number of rotatable bonds is 4. The van der Waals surface area contributed by atoms with Gasteiger partial charge in [0.1, 0.15) is 0 Å². The van der Waals surface area contributed by atoms with Crippen LogP contribution < -0.4 is 0 Å². The molecule has 0 unspecified atom stereocenters. The molecule has 0 N–H and O–H groups in total. The van der Waals surface area contributed by atoms with Crippen molar-refractivity contribution in [3.8, 4) is 0 Å². The average molecular weight is 254 g/mol. The quantitative estimate of drug-likeness (QED) is 0.457. The van der Waals surface area contributed by atoms with Gasteiger partial charge in [0.25, 0.3) is 3.25 Å². The molecule has 0 nitrogen and oxygen atoms in total. The molecule has 0 aromatic carbocycles. The highest BCUT2D eigenvalue weighted by atomic mass is 35.6. The van der Waals surface area contributed by atoms with Crippen LogP contribution in [0.2, 0.25) is 0 Å². The van der Waals surface area contributed by atoms with Crippen LogP contribution in [0, 0.1) is 0 Å². The smallest absolute Gasteiger partial charge is 0.0664 e. The van der Waals surface area contributed by atoms with E-state index in [0.717, 1.165) is 0 Å². The molecule has 0 amide bonds. The maximum Gasteiger partial charge on any atom is 0.266 e. The van der Waals surface area contributed by atoms with Crippen molar-refractivity contribution in [3.63, 3.8) is 0 Å². The van der Waals surface area contributed by atoms with Gasteiger partial charge in [-0.1, -0.05) is 92.4 Å². The van der Waals surface area contributed by atoms with Gasteiger partial charge in [-0.3, -0.25) is 0 Å². The second kappa shape index (κ2) is 10.2. The van der Waals surface area contributed by atoms with Gasteiger partial charge < -0.3 is 0 Å². The van der Waals surface area contributed by atoms with E-state index in [1.54, 1.807) is 0 Å². The Bertz CT molecular complexity index is 67.6. The van der Waals surface area contributed by atoms with Crippen molar-refractivity contribution in [1.82, 2.24) is 0 Å². The molecule has 0 aliphatic heterocycles. The van der Waals surface area contributed by atoms with E-state index < -0.39 is 3.25 Å². The van der Waals surface area contributed by atoms with E-state index in [2.05, 4.69) is 13.8 Å². The first-order chi connectivity index (χ1) is 5.41. The molecular weight excluding hydrogens is 238 g/mol. The molecule has 0 rings (SSSR count). The number of alkyl halides is 4. The fraction of sp³-hybridized carbons (Fsp3) is 1.00. The molecular formula is C8H16Cl4. The lowest BCUT2D eigenvalue weighted by molar-refractivity contribution is 0.656. The van der Waals surface area contributed by atoms with E-state index in [1.165, 1.54) is 32.1 Å². The van der Waals surface area contributed by atoms with Crippen molar-refractivity contribution in [2.75, 3.05) is 0 Å². The Hall–Kier alpha value is 1.16. The molecule has 0 atom stereocenters. The Morgan fingerprint density at radius 1 is 0.750 bits per heavy atom. The third kappa shape index (κ3) is 43.3. The number of hydrogen-bond acceptors (Lipinski definition) is 0. The van der Waals surface area contributed by atoms with Gasteiger partial charge >= 0.3 is 0 Å². The van der Waals surface area contributed by atoms with Gasteiger partial charge in [-0.05, 0) is 0 Å². The average Bonchev–Trinajstić information content (AvgIpc) is 1.85. The zero-order valence-electron chi connectivity index (χ0n) is 7.55. The second-order valence-electron chi connectivity index (χ2n) is 2.49. The highest BCUT2D eigenvalue weighted by Crippen LogP contribution is 2.29. The van der Waals surface area contributed by atoms with Crippen molar-refractivity contribution < 1.29 is 0 Å². The standard InChI is InChI=1S/C7H16.CCl4/c1-3-5-7-6-4-2;2-1(3,4)5/h3-7H2,1-2H3;. The Morgan fingerprint density at radius 3 is 1.17 bits per heavy atom. The highest BCUT2D eigenvalue weighted by Gasteiger charge is 2.11. The largest absolute Gasteiger partial charge is 0.266 e. The van der Waals surface area contributed by atoms with Gasteiger partial charge in [0.15, 0.2) is 0 Å². The van der Waals surface area contributed by atoms with Crippen LogP contribution in [-0.4, -0.2) is 3.25 Å². The Labute approximate surface area is 95.5 Å². The topological polar surface area (TPSA) is 0 Å². The maximum absolute atomic E-state index is 4.83. The summed E-state index contributed by atoms with van der Waals surface area (Å²) in [6.45, 7) is 4.49. The summed E-state index contributed by atoms with van der Waals surface area (Å²) in [4.78, 5) is 0. The highest BCUT2D eigenvalue weighted by molar-refractivity contribution is 6.83. The first-order valence-electron chi connectivity index (χ1n) is 4.17. The summed E-state index contributed by atoms with van der Waals surface area (Å²) in [6, 6.07) is 0. The summed E-state index contributed by atoms with van der Waals surface area (Å²) in [6.07, 6.45) is 7.01. The Balaban J connectivity index is 0. The van der Waals surface area contributed by atoms with Crippen LogP contribution in [-0.2, 0) is 0 Å². The van der Waals surface area contributed by atoms with Gasteiger partial charge in [0.05, 0.1) is 0 Å². The summed E-state index contributed by atoms with van der Waals surface area (Å²) >= 11 is 19.3. The molecule has 0 bridgehead atoms. The minimum atomic E-state index is -1.61. The normalized spacial score (nSPS) is 10.5. The number of halogens is 4. The molecule has 76 valence electrons. The summed E-state index contributed by atoms with van der Waals surface area (Å²) in [5.41, 5.74) is 0. The van der Waals surface area contributed by atoms with Crippen molar-refractivity contribution in [1.29, 1.82) is 0 Å². The zero-order valence-corrected chi connectivity index (χ0v) is 10.6. The van der Waals surface area contributed by atoms with Gasteiger partial charge in [0.2, 0.25) is 0 Å². The van der Waals surface area contributed by atoms with Crippen molar-refractivity contribution in [3.05, 3.63) is 0 Å². The third-order valence-corrected chi connectivity index (χ3v) is 1.21. The van der Waals surface area contributed by atoms with Crippen LogP contribution in [0.5, 0.6) is 0 Å². The lowest BCUT2D eigenvalue weighted by Crippen LogP contribution is -1.81. The molecule has 0 radical (unpaired) electrons. The van der Waals surface area contributed by atoms with Gasteiger partial charge in [-0.15, -0.1) is 0 Å². The molecule has 0 saturated heterocycles. The van der Waals surface area contributed by atoms with Crippen LogP contribution in [0.1, 0.15) is 46.0 Å². The van der Waals surface area contributed by atoms with Gasteiger partial charge in [-0.2, -0.15) is 0 Å². The lowest BCUT2D eigenvalue weighted by Gasteiger charge is -1.91. The van der Waals surface area contributed by atoms with E-state index >= 15 is 0 Å². The molecule has 12 heavy (non-hydrogen) atoms. The Morgan fingerprint density at radius 2 is 1.00 bits per heavy atom. The molecule has 0 aromatic rings. The molecule has 0 aliphatic rings. The predicted molar refractivity (Wildman–Crippen MR) is 60.6 cm³/mol. The molecule has 0 fully saturated rings. The minimum Gasteiger partial charge on any atom is -0.0664 e. The third-order valence-electron chi connectivity index (χ3n) is 1.21. The monoisotopic (exact) mass is 252 g/mol. The first kappa shape index (κ1) is 15.6. The minimum absolute atomic E-state index is 1.36. The predicted octanol–water partition coefficient (Wildman–Crippen LogP) is 5.53. The molecule has 0 heterocycles. The zero-order chi connectivity index (χ0) is 10.0. The van der Waals surface area contributed by atoms with Crippen LogP contribution in [0.3, 0.4) is 0 Å². The number of hydrogen-bond donors (Lipinski definition) is 0. The van der Waals surface area contributed by atoms with E-state index in [1.807, 2.05) is 0 Å². The van der Waals surface area contributed by atoms with Gasteiger partial charge in [-0.25, -0.2) is 0 Å². The Kier molecular flexibility index (Phi) is 13.3. The lowest BCUT2D eigenvalue weighted by atomic mass is 10.2. The summed E-state index contributed by atoms with van der Waals surface area (Å²) in [7, 11) is 0. The SMILES string of the molecule is CCCCCCC.ClC(Cl)(Cl)Cl. The second-order valence-corrected chi connectivity index (χ2v) is 5.92. The van der Waals surface area contributed by atoms with Crippen molar-refractivity contribution in [2.24, 2.45) is 0 Å². The van der Waals surface area contributed by atoms with Crippen LogP contribution in [0.4, 0.5) is 0 Å². The molecule has 0 saturated carbocycles. The first-order valence-corrected chi connectivity index (χ1v) is 5.68. The van der Waals surface area contributed by atoms with Crippen LogP contribution >= 0.6 is 46.4 Å². The van der Waals surface area contributed by atoms with Gasteiger partial charge in [0, 0.05) is 0 Å². The van der Waals surface area contributed by atoms with E-state index in [9.17, 15) is 0 Å². The summed E-state index contributed by atoms with van der Waals surface area (Å²) in [5.74, 6) is 0. The molecule has 0 spiro atoms. The van der Waals surface area contributed by atoms with E-state index in [0.29, 0.717) is 0 Å². The number of unbranched alkanes of at least 4 members (excludes halogenated alkanes) is 4. The molecule has 0 aromatic heterocycles. The summed E-state index contributed by atoms with van der Waals surface area (Å²) in [5, 5.41) is 0. The van der Waals surface area contributed by atoms with Crippen LogP contribution in [0.15, 0.2) is 0 Å². The molecule has 0 aliphatic carbocycles. The van der Waals surface area contributed by atoms with E-state index in [-0.39, 0.29) is 0 Å². The van der Waals surface area contributed by atoms with Crippen molar-refractivity contribution in [2.45, 2.75) is 49.2 Å². The van der Waals surface area contributed by atoms with Crippen molar-refractivity contribution >= 4 is 46.4 Å². The molecule has 4 heteroatoms. The van der Waals surface area contributed by atoms with E-state index in [4.69, 9.17) is 46.4 Å². The van der Waals surface area contributed by atoms with Crippen LogP contribution in [0.25, 0.3) is 0 Å². The fourth-order valence-electron chi connectivity index (χ4n) is 0.677.